The van der Waals surface area contributed by atoms with Gasteiger partial charge in [0.05, 0.1) is 12.4 Å². The van der Waals surface area contributed by atoms with E-state index in [1.54, 1.807) is 0 Å². The molecular weight excluding hydrogens is 296 g/mol. The molecule has 1 aromatic heterocycles. The average molecular weight is 309 g/mol. The fourth-order valence-corrected chi connectivity index (χ4v) is 1.96. The van der Waals surface area contributed by atoms with Gasteiger partial charge in [-0.2, -0.15) is 0 Å². The fraction of sp³-hybridized carbons (Fsp3) is 0.231. The lowest BCUT2D eigenvalue weighted by molar-refractivity contribution is 0.452. The molecule has 0 unspecified atom stereocenters. The van der Waals surface area contributed by atoms with Gasteiger partial charge in [-0.05, 0) is 29.7 Å². The smallest absolute Gasteiger partial charge is 0.254 e. The summed E-state index contributed by atoms with van der Waals surface area (Å²) in [5.74, 6) is 1.33. The minimum absolute atomic E-state index is 0.233. The molecule has 1 aromatic carbocycles. The van der Waals surface area contributed by atoms with Crippen molar-refractivity contribution in [2.45, 2.75) is 19.8 Å². The molecule has 2 aromatic rings. The first-order chi connectivity index (χ1) is 8.56. The Kier molecular flexibility index (Phi) is 3.81. The molecule has 94 valence electrons. The zero-order valence-corrected chi connectivity index (χ0v) is 11.7. The SMILES string of the molecule is CC(C)c1cc(Br)ccc1Oc1cc(=O)[nH]cn1. The van der Waals surface area contributed by atoms with Crippen LogP contribution in [0.15, 0.2) is 39.9 Å². The first kappa shape index (κ1) is 12.8. The molecule has 2 rings (SSSR count). The summed E-state index contributed by atoms with van der Waals surface area (Å²) in [6.07, 6.45) is 1.32. The van der Waals surface area contributed by atoms with E-state index in [1.165, 1.54) is 12.4 Å². The summed E-state index contributed by atoms with van der Waals surface area (Å²) in [5, 5.41) is 0. The van der Waals surface area contributed by atoms with Crippen LogP contribution in [0, 0.1) is 0 Å². The molecule has 5 heteroatoms. The Morgan fingerprint density at radius 3 is 2.78 bits per heavy atom. The normalized spacial score (nSPS) is 10.7. The first-order valence-corrected chi connectivity index (χ1v) is 6.37. The van der Waals surface area contributed by atoms with Gasteiger partial charge in [0.25, 0.3) is 5.56 Å². The van der Waals surface area contributed by atoms with Gasteiger partial charge in [0.1, 0.15) is 5.75 Å². The predicted molar refractivity (Wildman–Crippen MR) is 73.2 cm³/mol. The number of ether oxygens (including phenoxy) is 1. The van der Waals surface area contributed by atoms with Gasteiger partial charge < -0.3 is 9.72 Å². The lowest BCUT2D eigenvalue weighted by Crippen LogP contribution is -2.05. The van der Waals surface area contributed by atoms with Gasteiger partial charge in [0.2, 0.25) is 5.88 Å². The average Bonchev–Trinajstić information content (AvgIpc) is 2.31. The van der Waals surface area contributed by atoms with Crippen molar-refractivity contribution in [1.29, 1.82) is 0 Å². The van der Waals surface area contributed by atoms with Gasteiger partial charge in [-0.15, -0.1) is 0 Å². The number of aromatic amines is 1. The Labute approximate surface area is 113 Å². The van der Waals surface area contributed by atoms with Gasteiger partial charge >= 0.3 is 0 Å². The van der Waals surface area contributed by atoms with E-state index in [1.807, 2.05) is 18.2 Å². The Morgan fingerprint density at radius 2 is 2.11 bits per heavy atom. The van der Waals surface area contributed by atoms with Crippen LogP contribution in [0.1, 0.15) is 25.3 Å². The van der Waals surface area contributed by atoms with Crippen LogP contribution in [0.5, 0.6) is 11.6 Å². The molecule has 0 aliphatic rings. The van der Waals surface area contributed by atoms with Crippen LogP contribution in [0.2, 0.25) is 0 Å². The van der Waals surface area contributed by atoms with Crippen LogP contribution in [0.4, 0.5) is 0 Å². The largest absolute Gasteiger partial charge is 0.438 e. The molecule has 0 bridgehead atoms. The van der Waals surface area contributed by atoms with E-state index in [0.29, 0.717) is 17.5 Å². The summed E-state index contributed by atoms with van der Waals surface area (Å²) in [4.78, 5) is 17.6. The third-order valence-corrected chi connectivity index (χ3v) is 2.95. The highest BCUT2D eigenvalue weighted by Crippen LogP contribution is 2.31. The number of rotatable bonds is 3. The summed E-state index contributed by atoms with van der Waals surface area (Å²) in [6, 6.07) is 7.09. The Morgan fingerprint density at radius 1 is 1.33 bits per heavy atom. The summed E-state index contributed by atoms with van der Waals surface area (Å²) in [5.41, 5.74) is 0.828. The summed E-state index contributed by atoms with van der Waals surface area (Å²) in [6.45, 7) is 4.17. The van der Waals surface area contributed by atoms with Crippen LogP contribution in [-0.4, -0.2) is 9.97 Å². The first-order valence-electron chi connectivity index (χ1n) is 5.58. The summed E-state index contributed by atoms with van der Waals surface area (Å²) in [7, 11) is 0. The molecule has 4 nitrogen and oxygen atoms in total. The van der Waals surface area contributed by atoms with Gasteiger partial charge in [-0.3, -0.25) is 4.79 Å². The molecule has 0 saturated carbocycles. The molecule has 0 aliphatic carbocycles. The van der Waals surface area contributed by atoms with Crippen molar-refractivity contribution in [2.24, 2.45) is 0 Å². The monoisotopic (exact) mass is 308 g/mol. The number of hydrogen-bond donors (Lipinski definition) is 1. The van der Waals surface area contributed by atoms with Crippen molar-refractivity contribution in [1.82, 2.24) is 9.97 Å². The van der Waals surface area contributed by atoms with Gasteiger partial charge in [-0.1, -0.05) is 29.8 Å². The van der Waals surface area contributed by atoms with Crippen LogP contribution >= 0.6 is 15.9 Å². The Bertz CT molecular complexity index is 608. The molecule has 0 saturated heterocycles. The van der Waals surface area contributed by atoms with Crippen molar-refractivity contribution >= 4 is 15.9 Å². The fourth-order valence-electron chi connectivity index (χ4n) is 1.58. The van der Waals surface area contributed by atoms with Crippen molar-refractivity contribution < 1.29 is 4.74 Å². The van der Waals surface area contributed by atoms with Crippen LogP contribution < -0.4 is 10.3 Å². The number of H-pyrrole nitrogens is 1. The maximum Gasteiger partial charge on any atom is 0.254 e. The van der Waals surface area contributed by atoms with Crippen molar-refractivity contribution in [3.63, 3.8) is 0 Å². The number of hydrogen-bond acceptors (Lipinski definition) is 3. The molecule has 0 spiro atoms. The molecule has 0 atom stereocenters. The number of aromatic nitrogens is 2. The zero-order valence-electron chi connectivity index (χ0n) is 10.1. The van der Waals surface area contributed by atoms with E-state index in [2.05, 4.69) is 39.7 Å². The molecule has 18 heavy (non-hydrogen) atoms. The van der Waals surface area contributed by atoms with Crippen molar-refractivity contribution in [3.05, 3.63) is 51.0 Å². The van der Waals surface area contributed by atoms with E-state index in [0.717, 1.165) is 10.0 Å². The number of halogens is 1. The maximum atomic E-state index is 11.2. The highest BCUT2D eigenvalue weighted by Gasteiger charge is 2.10. The lowest BCUT2D eigenvalue weighted by Gasteiger charge is -2.13. The topological polar surface area (TPSA) is 55.0 Å². The summed E-state index contributed by atoms with van der Waals surface area (Å²) < 4.78 is 6.65. The lowest BCUT2D eigenvalue weighted by atomic mass is 10.0. The molecule has 0 fully saturated rings. The third kappa shape index (κ3) is 2.98. The minimum Gasteiger partial charge on any atom is -0.438 e. The van der Waals surface area contributed by atoms with Crippen LogP contribution in [0.3, 0.4) is 0 Å². The molecule has 1 heterocycles. The summed E-state index contributed by atoms with van der Waals surface area (Å²) >= 11 is 3.44. The highest BCUT2D eigenvalue weighted by molar-refractivity contribution is 9.10. The van der Waals surface area contributed by atoms with E-state index in [4.69, 9.17) is 4.74 Å². The van der Waals surface area contributed by atoms with Crippen molar-refractivity contribution in [2.75, 3.05) is 0 Å². The molecule has 1 N–H and O–H groups in total. The molecular formula is C13H13BrN2O2. The second-order valence-corrected chi connectivity index (χ2v) is 5.10. The predicted octanol–water partition coefficient (Wildman–Crippen LogP) is 3.45. The Hall–Kier alpha value is -1.62. The van der Waals surface area contributed by atoms with Crippen molar-refractivity contribution in [3.8, 4) is 11.6 Å². The second-order valence-electron chi connectivity index (χ2n) is 4.19. The van der Waals surface area contributed by atoms with Gasteiger partial charge in [0.15, 0.2) is 0 Å². The number of nitrogens with one attached hydrogen (secondary N) is 1. The standard InChI is InChI=1S/C13H13BrN2O2/c1-8(2)10-5-9(14)3-4-11(10)18-13-6-12(17)15-7-16-13/h3-8H,1-2H3,(H,15,16,17). The Balaban J connectivity index is 2.37. The van der Waals surface area contributed by atoms with E-state index < -0.39 is 0 Å². The van der Waals surface area contributed by atoms with E-state index in [9.17, 15) is 4.79 Å². The van der Waals surface area contributed by atoms with Crippen LogP contribution in [-0.2, 0) is 0 Å². The molecule has 0 amide bonds. The van der Waals surface area contributed by atoms with E-state index >= 15 is 0 Å². The third-order valence-electron chi connectivity index (χ3n) is 2.46. The van der Waals surface area contributed by atoms with Gasteiger partial charge in [-0.25, -0.2) is 4.98 Å². The van der Waals surface area contributed by atoms with Crippen LogP contribution in [0.25, 0.3) is 0 Å². The maximum absolute atomic E-state index is 11.2. The van der Waals surface area contributed by atoms with E-state index in [-0.39, 0.29) is 5.56 Å². The minimum atomic E-state index is -0.233. The van der Waals surface area contributed by atoms with Gasteiger partial charge in [0, 0.05) is 4.47 Å². The number of benzene rings is 1. The molecule has 0 radical (unpaired) electrons. The quantitative estimate of drug-likeness (QED) is 0.945. The highest BCUT2D eigenvalue weighted by atomic mass is 79.9. The zero-order chi connectivity index (χ0) is 13.1. The number of nitrogens with zero attached hydrogens (tertiary/aromatic N) is 1. The molecule has 0 aliphatic heterocycles. The second kappa shape index (κ2) is 5.35.